The molecule has 5 aromatic rings. The summed E-state index contributed by atoms with van der Waals surface area (Å²) < 4.78 is 99.4. The summed E-state index contributed by atoms with van der Waals surface area (Å²) in [6.07, 6.45) is 8.24. The second-order valence-electron chi connectivity index (χ2n) is 21.2. The number of nitro benzene ring substituents is 1. The van der Waals surface area contributed by atoms with Crippen molar-refractivity contribution in [1.29, 1.82) is 0 Å². The first-order valence-electron chi connectivity index (χ1n) is 24.8. The zero-order valence-corrected chi connectivity index (χ0v) is 42.7. The summed E-state index contributed by atoms with van der Waals surface area (Å²) in [6, 6.07) is 15.6. The van der Waals surface area contributed by atoms with Crippen LogP contribution in [0.5, 0.6) is 17.2 Å². The van der Waals surface area contributed by atoms with Gasteiger partial charge in [-0.05, 0) is 105 Å². The van der Waals surface area contributed by atoms with Crippen LogP contribution < -0.4 is 24.4 Å². The predicted octanol–water partition coefficient (Wildman–Crippen LogP) is 7.97. The Morgan fingerprint density at radius 1 is 0.986 bits per heavy atom. The molecule has 1 spiro atoms. The molecule has 0 bridgehead atoms. The number of ether oxygens (including phenoxy) is 2. The summed E-state index contributed by atoms with van der Waals surface area (Å²) in [7, 11) is -8.23. The number of rotatable bonds is 12. The standard InChI is InChI=1S/C51H60F2N8O10S2/c1-30(2)35-7-5-6-8-36(35)42-28-59(72(4,66)67)19-20-60(42)33-25-51(26-33)15-17-58(18-16-51)32-9-10-37(43(21-32)71-45-24-38-39(52)27-54-48(38)56-47(45)53)49(62)57-73(68,69)34-22-41(61(64)65)46-44(23-34)70-29-40(55-46)31-11-13-50(3,63)14-12-31/h5-10,21-24,27,30-31,33,40,42,55,63H,11-20,25-26,28-29H2,1-4H3,(H,54,56)(H,57,62)/t31?,40-,42-,50?/m1/s1. The topological polar surface area (TPSA) is 230 Å². The number of aromatic nitrogens is 2. The van der Waals surface area contributed by atoms with E-state index in [4.69, 9.17) is 9.47 Å². The minimum absolute atomic E-state index is 0.00393. The van der Waals surface area contributed by atoms with Crippen LogP contribution in [0.3, 0.4) is 0 Å². The van der Waals surface area contributed by atoms with E-state index in [1.54, 1.807) is 17.3 Å². The maximum atomic E-state index is 15.5. The molecule has 2 atom stereocenters. The SMILES string of the molecule is CC(C)c1ccccc1[C@H]1CN(S(C)(=O)=O)CCN1C1CC2(CCN(c3ccc(C(=O)NS(=O)(=O)c4cc5c(c([N+](=O)[O-])c4)N[C@@H](C4CCC(C)(O)CC4)CO5)c(Oc4cc5c(F)c[nH]c5nc4F)c3)CC2)C1. The van der Waals surface area contributed by atoms with Gasteiger partial charge in [0.15, 0.2) is 17.2 Å². The molecular formula is C51H60F2N8O10S2. The van der Waals surface area contributed by atoms with Gasteiger partial charge < -0.3 is 29.8 Å². The number of halogens is 2. The van der Waals surface area contributed by atoms with Gasteiger partial charge in [0.2, 0.25) is 10.0 Å². The van der Waals surface area contributed by atoms with Gasteiger partial charge in [0.05, 0.1) is 38.7 Å². The largest absolute Gasteiger partial charge is 0.489 e. The monoisotopic (exact) mass is 1050 g/mol. The van der Waals surface area contributed by atoms with E-state index in [1.807, 2.05) is 16.9 Å². The summed E-state index contributed by atoms with van der Waals surface area (Å²) in [4.78, 5) is 36.1. The predicted molar refractivity (Wildman–Crippen MR) is 269 cm³/mol. The Morgan fingerprint density at radius 2 is 1.71 bits per heavy atom. The van der Waals surface area contributed by atoms with Crippen LogP contribution in [-0.2, 0) is 20.0 Å². The molecule has 390 valence electrons. The molecule has 2 aromatic heterocycles. The van der Waals surface area contributed by atoms with Crippen molar-refractivity contribution in [3.8, 4) is 17.2 Å². The molecule has 2 aliphatic carbocycles. The van der Waals surface area contributed by atoms with Crippen molar-refractivity contribution in [3.63, 3.8) is 0 Å². The molecule has 2 saturated heterocycles. The normalized spacial score (nSPS) is 23.9. The molecule has 3 aromatic carbocycles. The number of aliphatic hydroxyl groups is 1. The number of carbonyl (C=O) groups excluding carboxylic acids is 1. The molecule has 10 rings (SSSR count). The Labute approximate surface area is 422 Å². The van der Waals surface area contributed by atoms with Gasteiger partial charge in [0.25, 0.3) is 27.6 Å². The van der Waals surface area contributed by atoms with E-state index in [9.17, 15) is 41.2 Å². The Bertz CT molecular complexity index is 3200. The van der Waals surface area contributed by atoms with Gasteiger partial charge in [-0.3, -0.25) is 19.8 Å². The first-order chi connectivity index (χ1) is 34.6. The maximum Gasteiger partial charge on any atom is 0.297 e. The van der Waals surface area contributed by atoms with Crippen molar-refractivity contribution >= 4 is 54.0 Å². The number of nitrogens with one attached hydrogen (secondary N) is 3. The highest BCUT2D eigenvalue weighted by molar-refractivity contribution is 7.90. The van der Waals surface area contributed by atoms with Gasteiger partial charge >= 0.3 is 0 Å². The fourth-order valence-electron chi connectivity index (χ4n) is 11.8. The van der Waals surface area contributed by atoms with Gasteiger partial charge in [-0.25, -0.2) is 25.9 Å². The average Bonchev–Trinajstić information content (AvgIpc) is 3.70. The van der Waals surface area contributed by atoms with Crippen LogP contribution in [0, 0.1) is 33.2 Å². The molecule has 4 fully saturated rings. The molecule has 0 unspecified atom stereocenters. The van der Waals surface area contributed by atoms with Crippen LogP contribution in [0.4, 0.5) is 25.8 Å². The lowest BCUT2D eigenvalue weighted by Crippen LogP contribution is -2.60. The molecule has 22 heteroatoms. The van der Waals surface area contributed by atoms with Crippen molar-refractivity contribution in [2.45, 2.75) is 107 Å². The summed E-state index contributed by atoms with van der Waals surface area (Å²) in [6.45, 7) is 8.81. The third-order valence-electron chi connectivity index (χ3n) is 16.0. The Kier molecular flexibility index (Phi) is 13.2. The number of piperazine rings is 1. The zero-order valence-electron chi connectivity index (χ0n) is 41.1. The van der Waals surface area contributed by atoms with Gasteiger partial charge in [0.1, 0.15) is 23.8 Å². The number of amides is 1. The van der Waals surface area contributed by atoms with Gasteiger partial charge in [0, 0.05) is 74.9 Å². The Hall–Kier alpha value is -5.94. The number of hydrogen-bond donors (Lipinski definition) is 4. The smallest absolute Gasteiger partial charge is 0.297 e. The molecular weight excluding hydrogens is 987 g/mol. The number of nitro groups is 1. The van der Waals surface area contributed by atoms with E-state index < -0.39 is 64.6 Å². The number of nitrogens with zero attached hydrogens (tertiary/aromatic N) is 5. The van der Waals surface area contributed by atoms with Crippen LogP contribution in [0.2, 0.25) is 0 Å². The molecule has 0 radical (unpaired) electrons. The van der Waals surface area contributed by atoms with Crippen LogP contribution in [-0.4, -0.2) is 115 Å². The second-order valence-corrected chi connectivity index (χ2v) is 24.9. The van der Waals surface area contributed by atoms with Crippen molar-refractivity contribution in [2.24, 2.45) is 11.3 Å². The Morgan fingerprint density at radius 3 is 2.41 bits per heavy atom. The highest BCUT2D eigenvalue weighted by atomic mass is 32.2. The van der Waals surface area contributed by atoms with E-state index >= 15 is 4.39 Å². The third kappa shape index (κ3) is 10.1. The molecule has 5 aliphatic rings. The highest BCUT2D eigenvalue weighted by Gasteiger charge is 2.51. The van der Waals surface area contributed by atoms with Crippen LogP contribution >= 0.6 is 0 Å². The minimum Gasteiger partial charge on any atom is -0.489 e. The summed E-state index contributed by atoms with van der Waals surface area (Å²) >= 11 is 0. The summed E-state index contributed by atoms with van der Waals surface area (Å²) in [5, 5.41) is 26.0. The lowest BCUT2D eigenvalue weighted by atomic mass is 9.59. The molecule has 5 heterocycles. The van der Waals surface area contributed by atoms with E-state index in [0.717, 1.165) is 55.6 Å². The second kappa shape index (κ2) is 19.1. The summed E-state index contributed by atoms with van der Waals surface area (Å²) in [5.41, 5.74) is 1.21. The number of H-pyrrole nitrogens is 1. The molecule has 3 aliphatic heterocycles. The van der Waals surface area contributed by atoms with Crippen LogP contribution in [0.1, 0.15) is 106 Å². The van der Waals surface area contributed by atoms with E-state index in [0.29, 0.717) is 64.1 Å². The lowest BCUT2D eigenvalue weighted by Gasteiger charge is -2.58. The number of pyridine rings is 1. The number of fused-ring (bicyclic) bond motifs is 2. The fourth-order valence-corrected chi connectivity index (χ4v) is 13.6. The van der Waals surface area contributed by atoms with E-state index in [1.165, 1.54) is 24.0 Å². The van der Waals surface area contributed by atoms with Gasteiger partial charge in [-0.1, -0.05) is 38.1 Å². The molecule has 18 nitrogen and oxygen atoms in total. The number of anilines is 2. The molecule has 4 N–H and O–H groups in total. The van der Waals surface area contributed by atoms with E-state index in [-0.39, 0.29) is 75.8 Å². The maximum absolute atomic E-state index is 15.5. The quantitative estimate of drug-likeness (QED) is 0.0528. The summed E-state index contributed by atoms with van der Waals surface area (Å²) in [5.74, 6) is -3.62. The minimum atomic E-state index is -4.83. The van der Waals surface area contributed by atoms with Crippen LogP contribution in [0.25, 0.3) is 11.0 Å². The number of hydrogen-bond acceptors (Lipinski definition) is 14. The lowest BCUT2D eigenvalue weighted by molar-refractivity contribution is -0.384. The fraction of sp³-hybridized carbons (Fsp3) is 0.490. The number of benzene rings is 3. The van der Waals surface area contributed by atoms with Crippen molar-refractivity contribution < 1.29 is 49.9 Å². The zero-order chi connectivity index (χ0) is 51.8. The van der Waals surface area contributed by atoms with Crippen LogP contribution in [0.15, 0.2) is 71.8 Å². The van der Waals surface area contributed by atoms with Gasteiger partial charge in [-0.15, -0.1) is 0 Å². The average molecular weight is 1050 g/mol. The van der Waals surface area contributed by atoms with Gasteiger partial charge in [-0.2, -0.15) is 13.7 Å². The number of piperidine rings is 1. The number of sulfonamides is 2. The van der Waals surface area contributed by atoms with Crippen molar-refractivity contribution in [2.75, 3.05) is 55.8 Å². The van der Waals surface area contributed by atoms with E-state index in [2.05, 4.69) is 51.1 Å². The molecule has 1 amide bonds. The van der Waals surface area contributed by atoms with Crippen molar-refractivity contribution in [3.05, 3.63) is 105 Å². The highest BCUT2D eigenvalue weighted by Crippen LogP contribution is 2.54. The molecule has 2 saturated carbocycles. The third-order valence-corrected chi connectivity index (χ3v) is 18.6. The first kappa shape index (κ1) is 50.6. The number of aromatic amines is 1. The number of carbonyl (C=O) groups is 1. The Balaban J connectivity index is 0.877. The first-order valence-corrected chi connectivity index (χ1v) is 28.1. The van der Waals surface area contributed by atoms with Crippen molar-refractivity contribution in [1.82, 2.24) is 23.9 Å². The molecule has 73 heavy (non-hydrogen) atoms.